The van der Waals surface area contributed by atoms with E-state index in [1.807, 2.05) is 105 Å². The molecule has 0 bridgehead atoms. The van der Waals surface area contributed by atoms with E-state index in [1.165, 1.54) is 117 Å². The fourth-order valence-corrected chi connectivity index (χ4v) is 21.7. The van der Waals surface area contributed by atoms with Gasteiger partial charge in [-0.25, -0.2) is 51.5 Å². The molecule has 1 fully saturated rings. The van der Waals surface area contributed by atoms with Crippen LogP contribution in [0, 0.1) is 85.7 Å². The maximum atomic E-state index is 12.7. The topological polar surface area (TPSA) is 514 Å². The Bertz CT molecular complexity index is 5940. The lowest BCUT2D eigenvalue weighted by atomic mass is 10.1. The van der Waals surface area contributed by atoms with Gasteiger partial charge in [0.2, 0.25) is 35.0 Å². The molecular weight excluding hydrogens is 2080 g/mol. The third kappa shape index (κ3) is 44.2. The number of nitrogens with two attached hydrogens (primary N) is 5. The first kappa shape index (κ1) is 127. The molecule has 0 aromatic heterocycles. The van der Waals surface area contributed by atoms with Crippen LogP contribution in [0.2, 0.25) is 20.1 Å². The van der Waals surface area contributed by atoms with Gasteiger partial charge in [-0.2, -0.15) is 4.31 Å². The molecule has 1 heterocycles. The summed E-state index contributed by atoms with van der Waals surface area (Å²) in [6, 6.07) is 44.9. The van der Waals surface area contributed by atoms with E-state index in [2.05, 4.69) is 104 Å². The molecule has 16 N–H and O–H groups in total. The Labute approximate surface area is 856 Å². The second-order valence-electron chi connectivity index (χ2n) is 30.8. The van der Waals surface area contributed by atoms with E-state index in [1.54, 1.807) is 0 Å². The molecule has 10 rings (SSSR count). The van der Waals surface area contributed by atoms with E-state index >= 15 is 0 Å². The van der Waals surface area contributed by atoms with Crippen molar-refractivity contribution >= 4 is 214 Å². The van der Waals surface area contributed by atoms with E-state index in [-0.39, 0.29) is 97.8 Å². The summed E-state index contributed by atoms with van der Waals surface area (Å²) in [5, 5.41) is 51.0. The zero-order valence-electron chi connectivity index (χ0n) is 79.0. The van der Waals surface area contributed by atoms with Gasteiger partial charge >= 0.3 is 0 Å². The van der Waals surface area contributed by atoms with Crippen LogP contribution in [0.1, 0.15) is 132 Å². The summed E-state index contributed by atoms with van der Waals surface area (Å²) in [5.74, 6) is 0. The Balaban J connectivity index is 0.000000791. The van der Waals surface area contributed by atoms with Gasteiger partial charge in [-0.05, 0) is 220 Å². The Hall–Kier alpha value is -7.65. The highest BCUT2D eigenvalue weighted by Gasteiger charge is 2.45. The number of alkyl halides is 4. The summed E-state index contributed by atoms with van der Waals surface area (Å²) in [5.41, 5.74) is 40.0. The van der Waals surface area contributed by atoms with E-state index in [4.69, 9.17) is 148 Å². The van der Waals surface area contributed by atoms with Crippen molar-refractivity contribution in [1.82, 2.24) is 13.7 Å². The van der Waals surface area contributed by atoms with Crippen LogP contribution in [0.5, 0.6) is 0 Å². The van der Waals surface area contributed by atoms with E-state index in [0.29, 0.717) is 32.5 Å². The molecule has 0 saturated carbocycles. The molecule has 0 amide bonds. The quantitative estimate of drug-likeness (QED) is 0.00273. The minimum atomic E-state index is -4.05. The van der Waals surface area contributed by atoms with Crippen LogP contribution >= 0.6 is 114 Å². The molecule has 32 nitrogen and oxygen atoms in total. The van der Waals surface area contributed by atoms with Crippen molar-refractivity contribution in [3.63, 3.8) is 0 Å². The lowest BCUT2D eigenvalue weighted by Crippen LogP contribution is -2.50. The number of aliphatic hydroxyl groups is 1. The number of nitrogens with one attached hydrogen (secondary N) is 5. The first-order valence-corrected chi connectivity index (χ1v) is 55.1. The number of hydrogen-bond donors (Lipinski definition) is 11. The number of nitro benzene ring substituents is 3. The van der Waals surface area contributed by atoms with Gasteiger partial charge in [-0.1, -0.05) is 188 Å². The normalized spacial score (nSPS) is 13.5. The Morgan fingerprint density at radius 1 is 0.438 bits per heavy atom. The van der Waals surface area contributed by atoms with Crippen molar-refractivity contribution < 1.29 is 66.4 Å². The van der Waals surface area contributed by atoms with Crippen molar-refractivity contribution in [2.24, 2.45) is 11.5 Å². The fourth-order valence-electron chi connectivity index (χ4n) is 12.1. The highest BCUT2D eigenvalue weighted by molar-refractivity contribution is 8.14. The standard InChI is InChI=1S/C18H23Cl2N3O2S.C18H23N3O4S.C12H20N2.C10H12N2O4S.C8H11N.C7H16Cl2N.C6H4Cl3NO2S.C6H4ClNO4S.C4H11NO.CH2Cl2/c1-4-14(10-22-17-6-5-11(2)7-12(17)3)23-26(24,25)18-15(20)8-13(19)9-16(18)21;1-4-15(12-19-16-10-9-13(2)11-14(16)3)20-26(24,25)18-8-6-5-7-17(18)21(22)23;1-4-11(13)8-14-12-6-5-9(2)7-10(12)3;1-2-8-7-11(8)17(15,16)10-6-4-3-5-9(10)12(13)14;1-6-3-4-8(9)7(2)5-6;1-4-10(5-2,6-3)7(8)9;7-3-1-4(8)6(5(10)2-3)13(9,11)12;7-13(11,12)6-4-2-1-3-5(6)8(9)10;1-2-4(5)3-6;2-1-3/h5-9,14,22-23H,4,10,21H2,1-3H3;5-11,15,19-20H,4,12H2,1-3H3;5-7,11,14H,4,8,13H2,1-3H3;3-6,8H,2,7H2,1H3;3-5H,9H2,1-2H3;7H,4-6H2,1-3H3;1-2H,10H2;1-4H;4,6H,2-3,5H2,1H3;1H2/q;;;;;+1;;;;/t14-;15-;11-;8-,11?;;;;;4-;/m0000....0./s1. The van der Waals surface area contributed by atoms with Crippen molar-refractivity contribution in [3.8, 4) is 0 Å². The lowest BCUT2D eigenvalue weighted by Gasteiger charge is -2.36. The molecule has 1 saturated heterocycles. The van der Waals surface area contributed by atoms with Crippen LogP contribution in [-0.2, 0) is 48.2 Å². The maximum absolute atomic E-state index is 12.7. The number of nitrogens with zero attached hydrogens (tertiary/aromatic N) is 5. The summed E-state index contributed by atoms with van der Waals surface area (Å²) in [4.78, 5) is 28.3. The molecule has 1 aliphatic heterocycles. The number of sulfonamides is 3. The highest BCUT2D eigenvalue weighted by atomic mass is 35.7. The number of anilines is 6. The van der Waals surface area contributed by atoms with Crippen LogP contribution < -0.4 is 54.1 Å². The number of nitrogen functional groups attached to an aromatic ring is 3. The van der Waals surface area contributed by atoms with Crippen LogP contribution in [0.4, 0.5) is 51.2 Å². The molecule has 137 heavy (non-hydrogen) atoms. The van der Waals surface area contributed by atoms with Crippen LogP contribution in [0.25, 0.3) is 0 Å². The minimum Gasteiger partial charge on any atom is -0.399 e. The van der Waals surface area contributed by atoms with Gasteiger partial charge in [0.25, 0.3) is 35.2 Å². The molecule has 762 valence electrons. The monoisotopic (exact) mass is 2200 g/mol. The molecule has 47 heteroatoms. The Morgan fingerprint density at radius 3 is 1.06 bits per heavy atom. The van der Waals surface area contributed by atoms with E-state index in [0.717, 1.165) is 101 Å². The number of rotatable bonds is 32. The highest BCUT2D eigenvalue weighted by Crippen LogP contribution is 2.37. The molecule has 0 radical (unpaired) electrons. The molecule has 1 unspecified atom stereocenters. The molecule has 6 atom stereocenters. The molecule has 0 spiro atoms. The second kappa shape index (κ2) is 61.9. The lowest BCUT2D eigenvalue weighted by molar-refractivity contribution is -0.923. The van der Waals surface area contributed by atoms with Crippen LogP contribution in [0.15, 0.2) is 194 Å². The van der Waals surface area contributed by atoms with Gasteiger partial charge in [0.15, 0.2) is 14.7 Å². The average Bonchev–Trinajstić information content (AvgIpc) is 1.61. The largest absolute Gasteiger partial charge is 0.399 e. The summed E-state index contributed by atoms with van der Waals surface area (Å²) in [7, 11) is -9.50. The smallest absolute Gasteiger partial charge is 0.289 e. The number of benzene rings is 9. The average molecular weight is 2200 g/mol. The second-order valence-corrected chi connectivity index (χ2v) is 44.5. The molecule has 9 aromatic rings. The Kier molecular flexibility index (Phi) is 57.6. The number of halogens is 10. The first-order chi connectivity index (χ1) is 63.8. The molecular formula is C90H126Cl10N15O17S5+. The number of hydrogen-bond acceptors (Lipinski definition) is 25. The van der Waals surface area contributed by atoms with Gasteiger partial charge < -0.3 is 49.7 Å². The third-order valence-corrected chi connectivity index (χ3v) is 30.5. The zero-order valence-corrected chi connectivity index (χ0v) is 90.6. The molecule has 9 aromatic carbocycles. The van der Waals surface area contributed by atoms with E-state index < -0.39 is 85.3 Å². The van der Waals surface area contributed by atoms with Crippen molar-refractivity contribution in [2.45, 2.75) is 203 Å². The summed E-state index contributed by atoms with van der Waals surface area (Å²) < 4.78 is 126. The van der Waals surface area contributed by atoms with Gasteiger partial charge in [0.05, 0.1) is 67.8 Å². The predicted molar refractivity (Wildman–Crippen MR) is 565 cm³/mol. The maximum Gasteiger partial charge on any atom is 0.289 e. The van der Waals surface area contributed by atoms with Gasteiger partial charge in [0.1, 0.15) is 9.79 Å². The number of aryl methyl sites for hydroxylation is 8. The third-order valence-electron chi connectivity index (χ3n) is 20.5. The number of nitro groups is 3. The summed E-state index contributed by atoms with van der Waals surface area (Å²) in [6.07, 6.45) is 3.73. The van der Waals surface area contributed by atoms with Gasteiger partial charge in [0, 0.05) is 129 Å². The van der Waals surface area contributed by atoms with Gasteiger partial charge in [-0.3, -0.25) is 34.8 Å². The summed E-state index contributed by atoms with van der Waals surface area (Å²) >= 11 is 44.3. The van der Waals surface area contributed by atoms with E-state index in [9.17, 15) is 72.4 Å². The number of aliphatic hydroxyl groups excluding tert-OH is 1. The SMILES string of the molecule is CC[C@@H](CNc1ccc(C)cc1C)NS(=O)(=O)c1c(N)cc(Cl)cc1Cl.CC[C@@H](CNc1ccc(C)cc1C)NS(=O)(=O)c1ccccc1[N+](=O)[O-].CC[C@H](N)CNc1ccc(C)cc1C.CC[C@H](N)CO.CC[C@H]1CN1S(=O)(=O)c1ccccc1[N+](=O)[O-].CC[N+](CC)(CC)C(Cl)Cl.Cc1ccc(N)c(C)c1.ClCCl.Nc1cc(Cl)cc(Cl)c1S(=O)(=O)Cl.O=[N+]([O-])c1ccccc1S(=O)(=O)Cl. The Morgan fingerprint density at radius 2 is 0.774 bits per heavy atom. The van der Waals surface area contributed by atoms with Crippen molar-refractivity contribution in [2.75, 3.05) is 90.9 Å². The van der Waals surface area contributed by atoms with Crippen LogP contribution in [0.3, 0.4) is 0 Å². The van der Waals surface area contributed by atoms with Crippen molar-refractivity contribution in [1.29, 1.82) is 0 Å². The van der Waals surface area contributed by atoms with Gasteiger partial charge in [-0.15, -0.1) is 23.2 Å². The number of para-hydroxylation sites is 3. The molecule has 0 aliphatic carbocycles. The zero-order chi connectivity index (χ0) is 105. The first-order valence-electron chi connectivity index (χ1n) is 42.6. The van der Waals surface area contributed by atoms with Crippen molar-refractivity contribution in [3.05, 3.63) is 265 Å². The predicted octanol–water partition coefficient (Wildman–Crippen LogP) is 21.2. The minimum absolute atomic E-state index is 0.000286. The number of quaternary nitrogens is 1. The molecule has 1 aliphatic rings. The fraction of sp³-hybridized carbons (Fsp3) is 0.400. The van der Waals surface area contributed by atoms with Crippen LogP contribution in [-0.4, -0.2) is 164 Å². The summed E-state index contributed by atoms with van der Waals surface area (Å²) in [6.45, 7) is 37.6.